The van der Waals surface area contributed by atoms with Crippen LogP contribution in [0.3, 0.4) is 0 Å². The summed E-state index contributed by atoms with van der Waals surface area (Å²) >= 11 is 1.14. The number of benzene rings is 1. The SMILES string of the molecule is CCCNCc1csc(-c2c(F)cc(F)cc2F)n1. The largest absolute Gasteiger partial charge is 0.311 e. The molecule has 0 fully saturated rings. The van der Waals surface area contributed by atoms with Crippen LogP contribution >= 0.6 is 11.3 Å². The highest BCUT2D eigenvalue weighted by molar-refractivity contribution is 7.13. The minimum absolute atomic E-state index is 0.225. The minimum atomic E-state index is -0.931. The first-order valence-electron chi connectivity index (χ1n) is 5.92. The van der Waals surface area contributed by atoms with Crippen LogP contribution in [0.25, 0.3) is 10.6 Å². The molecular weight excluding hydrogens is 273 g/mol. The van der Waals surface area contributed by atoms with E-state index >= 15 is 0 Å². The monoisotopic (exact) mass is 286 g/mol. The zero-order chi connectivity index (χ0) is 13.8. The van der Waals surface area contributed by atoms with E-state index in [-0.39, 0.29) is 10.6 Å². The van der Waals surface area contributed by atoms with Crippen molar-refractivity contribution < 1.29 is 13.2 Å². The molecular formula is C13H13F3N2S. The highest BCUT2D eigenvalue weighted by Crippen LogP contribution is 2.29. The van der Waals surface area contributed by atoms with Gasteiger partial charge in [0, 0.05) is 24.1 Å². The van der Waals surface area contributed by atoms with Crippen molar-refractivity contribution in [3.63, 3.8) is 0 Å². The van der Waals surface area contributed by atoms with Crippen molar-refractivity contribution in [1.82, 2.24) is 10.3 Å². The molecule has 19 heavy (non-hydrogen) atoms. The van der Waals surface area contributed by atoms with Crippen molar-refractivity contribution in [1.29, 1.82) is 0 Å². The second kappa shape index (κ2) is 6.16. The number of nitrogens with one attached hydrogen (secondary N) is 1. The molecule has 1 N–H and O–H groups in total. The van der Waals surface area contributed by atoms with E-state index in [1.807, 2.05) is 6.92 Å². The topological polar surface area (TPSA) is 24.9 Å². The third-order valence-electron chi connectivity index (χ3n) is 2.51. The number of halogens is 3. The van der Waals surface area contributed by atoms with E-state index < -0.39 is 17.5 Å². The number of nitrogens with zero attached hydrogens (tertiary/aromatic N) is 1. The van der Waals surface area contributed by atoms with Crippen molar-refractivity contribution >= 4 is 11.3 Å². The normalized spacial score (nSPS) is 10.9. The molecule has 1 aromatic heterocycles. The van der Waals surface area contributed by atoms with E-state index in [0.29, 0.717) is 18.7 Å². The fraction of sp³-hybridized carbons (Fsp3) is 0.308. The van der Waals surface area contributed by atoms with E-state index in [2.05, 4.69) is 10.3 Å². The van der Waals surface area contributed by atoms with Crippen molar-refractivity contribution in [2.75, 3.05) is 6.54 Å². The summed E-state index contributed by atoms with van der Waals surface area (Å²) in [6, 6.07) is 1.32. The molecule has 2 nitrogen and oxygen atoms in total. The second-order valence-electron chi connectivity index (χ2n) is 4.07. The molecule has 0 amide bonds. The van der Waals surface area contributed by atoms with Gasteiger partial charge in [0.15, 0.2) is 0 Å². The van der Waals surface area contributed by atoms with Crippen LogP contribution in [0.4, 0.5) is 13.2 Å². The fourth-order valence-corrected chi connectivity index (χ4v) is 2.51. The van der Waals surface area contributed by atoms with Crippen LogP contribution in [-0.2, 0) is 6.54 Å². The molecule has 0 unspecified atom stereocenters. The molecule has 0 bridgehead atoms. The van der Waals surface area contributed by atoms with Gasteiger partial charge < -0.3 is 5.32 Å². The molecule has 0 aliphatic rings. The number of hydrogen-bond acceptors (Lipinski definition) is 3. The van der Waals surface area contributed by atoms with Crippen LogP contribution in [0.15, 0.2) is 17.5 Å². The Kier molecular flexibility index (Phi) is 4.55. The predicted octanol–water partition coefficient (Wildman–Crippen LogP) is 3.73. The molecule has 0 aliphatic heterocycles. The van der Waals surface area contributed by atoms with Gasteiger partial charge in [-0.05, 0) is 13.0 Å². The lowest BCUT2D eigenvalue weighted by molar-refractivity contribution is 0.548. The Morgan fingerprint density at radius 2 is 1.89 bits per heavy atom. The molecule has 0 radical (unpaired) electrons. The molecule has 1 aromatic carbocycles. The fourth-order valence-electron chi connectivity index (χ4n) is 1.64. The zero-order valence-electron chi connectivity index (χ0n) is 10.3. The standard InChI is InChI=1S/C13H13F3N2S/c1-2-3-17-6-9-7-19-13(18-9)12-10(15)4-8(14)5-11(12)16/h4-5,7,17H,2-3,6H2,1H3. The van der Waals surface area contributed by atoms with E-state index in [1.54, 1.807) is 5.38 Å². The number of hydrogen-bond donors (Lipinski definition) is 1. The van der Waals surface area contributed by atoms with Gasteiger partial charge in [0.2, 0.25) is 0 Å². The highest BCUT2D eigenvalue weighted by atomic mass is 32.1. The molecule has 0 aliphatic carbocycles. The van der Waals surface area contributed by atoms with Gasteiger partial charge >= 0.3 is 0 Å². The number of thiazole rings is 1. The average molecular weight is 286 g/mol. The van der Waals surface area contributed by atoms with Crippen LogP contribution in [0.1, 0.15) is 19.0 Å². The van der Waals surface area contributed by atoms with Crippen LogP contribution in [0.5, 0.6) is 0 Å². The summed E-state index contributed by atoms with van der Waals surface area (Å²) in [7, 11) is 0. The van der Waals surface area contributed by atoms with Crippen LogP contribution in [-0.4, -0.2) is 11.5 Å². The van der Waals surface area contributed by atoms with Gasteiger partial charge in [0.25, 0.3) is 0 Å². The Hall–Kier alpha value is -1.40. The van der Waals surface area contributed by atoms with Gasteiger partial charge in [0.1, 0.15) is 22.5 Å². The van der Waals surface area contributed by atoms with Crippen LogP contribution in [0.2, 0.25) is 0 Å². The van der Waals surface area contributed by atoms with E-state index in [0.717, 1.165) is 30.0 Å². The first-order valence-corrected chi connectivity index (χ1v) is 6.79. The predicted molar refractivity (Wildman–Crippen MR) is 69.4 cm³/mol. The third-order valence-corrected chi connectivity index (χ3v) is 3.41. The Balaban J connectivity index is 2.23. The van der Waals surface area contributed by atoms with Crippen molar-refractivity contribution in [3.05, 3.63) is 40.7 Å². The highest BCUT2D eigenvalue weighted by Gasteiger charge is 2.16. The van der Waals surface area contributed by atoms with E-state index in [4.69, 9.17) is 0 Å². The van der Waals surface area contributed by atoms with Crippen molar-refractivity contribution in [2.24, 2.45) is 0 Å². The maximum absolute atomic E-state index is 13.6. The van der Waals surface area contributed by atoms with Gasteiger partial charge in [-0.3, -0.25) is 0 Å². The first-order chi connectivity index (χ1) is 9.11. The average Bonchev–Trinajstić information content (AvgIpc) is 2.76. The minimum Gasteiger partial charge on any atom is -0.311 e. The summed E-state index contributed by atoms with van der Waals surface area (Å²) in [6.45, 7) is 3.45. The maximum Gasteiger partial charge on any atom is 0.139 e. The van der Waals surface area contributed by atoms with Gasteiger partial charge in [-0.15, -0.1) is 11.3 Å². The van der Waals surface area contributed by atoms with Crippen molar-refractivity contribution in [2.45, 2.75) is 19.9 Å². The second-order valence-corrected chi connectivity index (χ2v) is 4.92. The zero-order valence-corrected chi connectivity index (χ0v) is 11.2. The van der Waals surface area contributed by atoms with Crippen LogP contribution in [0, 0.1) is 17.5 Å². The molecule has 0 saturated heterocycles. The summed E-state index contributed by atoms with van der Waals surface area (Å²) in [5.74, 6) is -2.79. The number of rotatable bonds is 5. The van der Waals surface area contributed by atoms with Gasteiger partial charge in [-0.2, -0.15) is 0 Å². The Bertz CT molecular complexity index is 546. The Morgan fingerprint density at radius 3 is 2.53 bits per heavy atom. The quantitative estimate of drug-likeness (QED) is 0.847. The maximum atomic E-state index is 13.6. The van der Waals surface area contributed by atoms with E-state index in [9.17, 15) is 13.2 Å². The van der Waals surface area contributed by atoms with Gasteiger partial charge in [-0.25, -0.2) is 18.2 Å². The molecule has 1 heterocycles. The lowest BCUT2D eigenvalue weighted by Gasteiger charge is -2.02. The number of aromatic nitrogens is 1. The summed E-state index contributed by atoms with van der Waals surface area (Å²) in [5, 5.41) is 5.11. The molecule has 6 heteroatoms. The smallest absolute Gasteiger partial charge is 0.139 e. The Morgan fingerprint density at radius 1 is 1.21 bits per heavy atom. The Labute approximate surface area is 113 Å². The van der Waals surface area contributed by atoms with Gasteiger partial charge in [0.05, 0.1) is 11.3 Å². The van der Waals surface area contributed by atoms with Crippen LogP contribution < -0.4 is 5.32 Å². The molecule has 0 spiro atoms. The first kappa shape index (κ1) is 14.0. The molecule has 2 aromatic rings. The third kappa shape index (κ3) is 3.33. The molecule has 0 atom stereocenters. The lowest BCUT2D eigenvalue weighted by atomic mass is 10.2. The molecule has 102 valence electrons. The summed E-state index contributed by atoms with van der Waals surface area (Å²) in [4.78, 5) is 4.16. The van der Waals surface area contributed by atoms with E-state index in [1.165, 1.54) is 0 Å². The van der Waals surface area contributed by atoms with Gasteiger partial charge in [-0.1, -0.05) is 6.92 Å². The molecule has 0 saturated carbocycles. The molecule has 2 rings (SSSR count). The summed E-state index contributed by atoms with van der Waals surface area (Å²) in [5.41, 5.74) is 0.449. The summed E-state index contributed by atoms with van der Waals surface area (Å²) in [6.07, 6.45) is 0.998. The summed E-state index contributed by atoms with van der Waals surface area (Å²) < 4.78 is 40.0. The lowest BCUT2D eigenvalue weighted by Crippen LogP contribution is -2.13. The van der Waals surface area contributed by atoms with Crippen molar-refractivity contribution in [3.8, 4) is 10.6 Å².